The first-order chi connectivity index (χ1) is 11.4. The molecular formula is C20H34O4. The van der Waals surface area contributed by atoms with E-state index in [0.29, 0.717) is 12.8 Å². The number of hydrogen-bond acceptors (Lipinski definition) is 4. The Labute approximate surface area is 147 Å². The van der Waals surface area contributed by atoms with Gasteiger partial charge in [0.05, 0.1) is 19.6 Å². The first-order valence-electron chi connectivity index (χ1n) is 8.99. The third-order valence-corrected chi connectivity index (χ3v) is 4.30. The molecule has 0 saturated carbocycles. The lowest BCUT2D eigenvalue weighted by Crippen LogP contribution is -2.24. The van der Waals surface area contributed by atoms with E-state index >= 15 is 0 Å². The van der Waals surface area contributed by atoms with E-state index in [0.717, 1.165) is 24.8 Å². The summed E-state index contributed by atoms with van der Waals surface area (Å²) >= 11 is 0. The number of aliphatic hydroxyl groups excluding tert-OH is 1. The molecule has 1 N–H and O–H groups in total. The van der Waals surface area contributed by atoms with Crippen LogP contribution in [0.4, 0.5) is 0 Å². The van der Waals surface area contributed by atoms with Gasteiger partial charge >= 0.3 is 5.97 Å². The van der Waals surface area contributed by atoms with Crippen LogP contribution in [-0.4, -0.2) is 30.1 Å². The number of allylic oxidation sites excluding steroid dienone is 4. The average Bonchev–Trinajstić information content (AvgIpc) is 2.55. The monoisotopic (exact) mass is 338 g/mol. The summed E-state index contributed by atoms with van der Waals surface area (Å²) in [6.45, 7) is 8.06. The molecule has 138 valence electrons. The van der Waals surface area contributed by atoms with Crippen molar-refractivity contribution >= 4 is 11.8 Å². The van der Waals surface area contributed by atoms with Crippen LogP contribution in [0.3, 0.4) is 0 Å². The molecule has 24 heavy (non-hydrogen) atoms. The van der Waals surface area contributed by atoms with Crippen LogP contribution in [0.5, 0.6) is 0 Å². The van der Waals surface area contributed by atoms with E-state index in [2.05, 4.69) is 30.7 Å². The highest BCUT2D eigenvalue weighted by Crippen LogP contribution is 2.22. The van der Waals surface area contributed by atoms with Crippen molar-refractivity contribution in [2.45, 2.75) is 72.3 Å². The molecule has 0 aromatic heterocycles. The predicted octanol–water partition coefficient (Wildman–Crippen LogP) is 4.22. The van der Waals surface area contributed by atoms with Crippen LogP contribution >= 0.6 is 0 Å². The number of carbonyl (C=O) groups excluding carboxylic acids is 2. The zero-order valence-corrected chi connectivity index (χ0v) is 15.9. The van der Waals surface area contributed by atoms with Gasteiger partial charge in [-0.05, 0) is 44.1 Å². The highest BCUT2D eigenvalue weighted by molar-refractivity contribution is 5.90. The van der Waals surface area contributed by atoms with Gasteiger partial charge in [0, 0.05) is 6.42 Å². The number of hydrogen-bond donors (Lipinski definition) is 1. The molecular weight excluding hydrogens is 304 g/mol. The molecule has 3 unspecified atom stereocenters. The van der Waals surface area contributed by atoms with Gasteiger partial charge in [0.25, 0.3) is 0 Å². The third kappa shape index (κ3) is 9.66. The SMILES string of the molecule is CCC=CC(CC)CC(=O)C=C(C)CC(CC)C(O)CC(=O)OC. The molecule has 0 fully saturated rings. The van der Waals surface area contributed by atoms with Crippen molar-refractivity contribution in [3.63, 3.8) is 0 Å². The Kier molecular flexibility index (Phi) is 12.2. The maximum atomic E-state index is 12.2. The molecule has 0 aliphatic rings. The third-order valence-electron chi connectivity index (χ3n) is 4.30. The minimum atomic E-state index is -0.739. The topological polar surface area (TPSA) is 63.6 Å². The first kappa shape index (κ1) is 22.6. The summed E-state index contributed by atoms with van der Waals surface area (Å²) in [4.78, 5) is 23.5. The van der Waals surface area contributed by atoms with Crippen molar-refractivity contribution in [1.29, 1.82) is 0 Å². The lowest BCUT2D eigenvalue weighted by atomic mass is 9.89. The van der Waals surface area contributed by atoms with E-state index in [1.807, 2.05) is 13.8 Å². The van der Waals surface area contributed by atoms with Crippen LogP contribution in [0.1, 0.15) is 66.2 Å². The van der Waals surface area contributed by atoms with Crippen LogP contribution in [0.2, 0.25) is 0 Å². The summed E-state index contributed by atoms with van der Waals surface area (Å²) in [5.41, 5.74) is 0.949. The Morgan fingerprint density at radius 3 is 2.25 bits per heavy atom. The lowest BCUT2D eigenvalue weighted by Gasteiger charge is -2.21. The van der Waals surface area contributed by atoms with E-state index in [-0.39, 0.29) is 24.0 Å². The minimum absolute atomic E-state index is 0.00401. The van der Waals surface area contributed by atoms with Crippen molar-refractivity contribution in [3.05, 3.63) is 23.8 Å². The number of ketones is 1. The average molecular weight is 338 g/mol. The van der Waals surface area contributed by atoms with E-state index in [1.54, 1.807) is 6.08 Å². The molecule has 0 saturated heterocycles. The quantitative estimate of drug-likeness (QED) is 0.329. The normalized spacial score (nSPS) is 16.0. The summed E-state index contributed by atoms with van der Waals surface area (Å²) in [7, 11) is 1.32. The molecule has 3 atom stereocenters. The van der Waals surface area contributed by atoms with Crippen LogP contribution in [0, 0.1) is 11.8 Å². The maximum Gasteiger partial charge on any atom is 0.308 e. The summed E-state index contributed by atoms with van der Waals surface area (Å²) in [6, 6.07) is 0. The molecule has 0 heterocycles. The van der Waals surface area contributed by atoms with Gasteiger partial charge in [-0.15, -0.1) is 0 Å². The van der Waals surface area contributed by atoms with Crippen LogP contribution in [0.15, 0.2) is 23.8 Å². The molecule has 0 bridgehead atoms. The molecule has 0 aliphatic carbocycles. The number of esters is 1. The van der Waals surface area contributed by atoms with Crippen LogP contribution in [0.25, 0.3) is 0 Å². The molecule has 4 heteroatoms. The number of aliphatic hydroxyl groups is 1. The highest BCUT2D eigenvalue weighted by Gasteiger charge is 2.21. The summed E-state index contributed by atoms with van der Waals surface area (Å²) in [5.74, 6) is -0.0481. The van der Waals surface area contributed by atoms with Crippen molar-refractivity contribution in [2.75, 3.05) is 7.11 Å². The zero-order chi connectivity index (χ0) is 18.5. The van der Waals surface area contributed by atoms with E-state index < -0.39 is 12.1 Å². The standard InChI is InChI=1S/C20H34O4/c1-6-9-10-16(7-2)13-18(21)12-15(4)11-17(8-3)19(22)14-20(23)24-5/h9-10,12,16-17,19,22H,6-8,11,13-14H2,1-5H3. The predicted molar refractivity (Wildman–Crippen MR) is 97.6 cm³/mol. The van der Waals surface area contributed by atoms with E-state index in [9.17, 15) is 14.7 Å². The van der Waals surface area contributed by atoms with Gasteiger partial charge < -0.3 is 9.84 Å². The number of methoxy groups -OCH3 is 1. The lowest BCUT2D eigenvalue weighted by molar-refractivity contribution is -0.143. The number of rotatable bonds is 12. The second-order valence-electron chi connectivity index (χ2n) is 6.39. The Bertz CT molecular complexity index is 437. The number of carbonyl (C=O) groups is 2. The Morgan fingerprint density at radius 2 is 1.75 bits per heavy atom. The van der Waals surface area contributed by atoms with Crippen LogP contribution in [-0.2, 0) is 14.3 Å². The van der Waals surface area contributed by atoms with Crippen molar-refractivity contribution in [3.8, 4) is 0 Å². The summed E-state index contributed by atoms with van der Waals surface area (Å²) in [6.07, 6.45) is 8.98. The van der Waals surface area contributed by atoms with Gasteiger partial charge in [-0.25, -0.2) is 0 Å². The molecule has 0 amide bonds. The highest BCUT2D eigenvalue weighted by atomic mass is 16.5. The smallest absolute Gasteiger partial charge is 0.308 e. The van der Waals surface area contributed by atoms with E-state index in [1.165, 1.54) is 7.11 Å². The molecule has 0 spiro atoms. The second-order valence-corrected chi connectivity index (χ2v) is 6.39. The Balaban J connectivity index is 4.66. The second kappa shape index (κ2) is 12.9. The van der Waals surface area contributed by atoms with Crippen LogP contribution < -0.4 is 0 Å². The molecule has 0 aromatic rings. The van der Waals surface area contributed by atoms with Gasteiger partial charge in [-0.3, -0.25) is 9.59 Å². The largest absolute Gasteiger partial charge is 0.469 e. The van der Waals surface area contributed by atoms with Crippen molar-refractivity contribution < 1.29 is 19.4 Å². The minimum Gasteiger partial charge on any atom is -0.469 e. The molecule has 0 aliphatic heterocycles. The van der Waals surface area contributed by atoms with Gasteiger partial charge in [-0.1, -0.05) is 44.9 Å². The van der Waals surface area contributed by atoms with Gasteiger partial charge in [0.1, 0.15) is 0 Å². The Morgan fingerprint density at radius 1 is 1.08 bits per heavy atom. The Hall–Kier alpha value is -1.42. The molecule has 0 radical (unpaired) electrons. The summed E-state index contributed by atoms with van der Waals surface area (Å²) < 4.78 is 4.60. The van der Waals surface area contributed by atoms with Gasteiger partial charge in [0.2, 0.25) is 0 Å². The van der Waals surface area contributed by atoms with Gasteiger partial charge in [0.15, 0.2) is 5.78 Å². The zero-order valence-electron chi connectivity index (χ0n) is 15.9. The molecule has 4 nitrogen and oxygen atoms in total. The molecule has 0 aromatic carbocycles. The van der Waals surface area contributed by atoms with Gasteiger partial charge in [-0.2, -0.15) is 0 Å². The fourth-order valence-electron chi connectivity index (χ4n) is 2.71. The fourth-order valence-corrected chi connectivity index (χ4v) is 2.71. The number of ether oxygens (including phenoxy) is 1. The van der Waals surface area contributed by atoms with E-state index in [4.69, 9.17) is 0 Å². The van der Waals surface area contributed by atoms with Crippen molar-refractivity contribution in [2.24, 2.45) is 11.8 Å². The summed E-state index contributed by atoms with van der Waals surface area (Å²) in [5, 5.41) is 10.2. The van der Waals surface area contributed by atoms with Crippen molar-refractivity contribution in [1.82, 2.24) is 0 Å². The fraction of sp³-hybridized carbons (Fsp3) is 0.700. The maximum absolute atomic E-state index is 12.2. The molecule has 0 rings (SSSR count). The first-order valence-corrected chi connectivity index (χ1v) is 8.99.